The summed E-state index contributed by atoms with van der Waals surface area (Å²) < 4.78 is 0. The van der Waals surface area contributed by atoms with E-state index in [-0.39, 0.29) is 5.02 Å². The summed E-state index contributed by atoms with van der Waals surface area (Å²) in [4.78, 5) is 4.26. The maximum atomic E-state index is 9.77. The number of hydrogen-bond donors (Lipinski definition) is 0. The largest absolute Gasteiger partial charge is 0.378 e. The molecule has 0 bridgehead atoms. The average Bonchev–Trinajstić information content (AvgIpc) is 1.86. The van der Waals surface area contributed by atoms with Gasteiger partial charge in [0.05, 0.1) is 6.61 Å². The van der Waals surface area contributed by atoms with Gasteiger partial charge in [-0.05, 0) is 0 Å². The molecule has 0 saturated carbocycles. The van der Waals surface area contributed by atoms with Crippen molar-refractivity contribution in [3.63, 3.8) is 0 Å². The Balaban J connectivity index is 2.45. The predicted octanol–water partition coefficient (Wildman–Crippen LogP) is -0.106. The van der Waals surface area contributed by atoms with E-state index in [1.165, 1.54) is 0 Å². The molecule has 0 radical (unpaired) electrons. The van der Waals surface area contributed by atoms with E-state index >= 15 is 0 Å². The van der Waals surface area contributed by atoms with Gasteiger partial charge in [-0.1, -0.05) is 0 Å². The molecule has 1 aliphatic heterocycles. The Labute approximate surface area is 34.6 Å². The molecule has 4 heteroatoms. The van der Waals surface area contributed by atoms with Crippen molar-refractivity contribution in [3.05, 3.63) is 5.21 Å². The monoisotopic (exact) mass is 88.0 g/mol. The minimum absolute atomic E-state index is 0.236. The van der Waals surface area contributed by atoms with E-state index in [1.807, 2.05) is 0 Å². The Morgan fingerprint density at radius 1 is 1.83 bits per heavy atom. The molecule has 0 aromatic heterocycles. The molecule has 4 nitrogen and oxygen atoms in total. The van der Waals surface area contributed by atoms with E-state index in [2.05, 4.69) is 9.95 Å². The normalized spacial score (nSPS) is 19.7. The Hall–Kier alpha value is -0.800. The van der Waals surface area contributed by atoms with Crippen LogP contribution in [-0.4, -0.2) is 18.2 Å². The fourth-order valence-electron chi connectivity index (χ4n) is 0.282. The standard InChI is InChI=1S/C2H4N2O2/c5-4-3-1-2-6-4/h1-2H2. The third kappa shape index (κ3) is 0.403. The van der Waals surface area contributed by atoms with Gasteiger partial charge in [0.1, 0.15) is 6.54 Å². The molecule has 0 aromatic rings. The molecule has 0 spiro atoms. The second kappa shape index (κ2) is 1.12. The maximum absolute atomic E-state index is 9.77. The lowest BCUT2D eigenvalue weighted by Gasteiger charge is -1.84. The van der Waals surface area contributed by atoms with E-state index in [0.29, 0.717) is 13.2 Å². The molecule has 0 unspecified atom stereocenters. The van der Waals surface area contributed by atoms with Crippen molar-refractivity contribution in [2.24, 2.45) is 5.11 Å². The SMILES string of the molecule is [O-][N+]1=NCCO1. The van der Waals surface area contributed by atoms with Gasteiger partial charge in [-0.3, -0.25) is 0 Å². The predicted molar refractivity (Wildman–Crippen MR) is 16.9 cm³/mol. The van der Waals surface area contributed by atoms with Crippen LogP contribution in [0.2, 0.25) is 0 Å². The van der Waals surface area contributed by atoms with Crippen LogP contribution < -0.4 is 0 Å². The van der Waals surface area contributed by atoms with Crippen molar-refractivity contribution in [2.75, 3.05) is 13.2 Å². The van der Waals surface area contributed by atoms with Crippen molar-refractivity contribution in [1.82, 2.24) is 0 Å². The number of rotatable bonds is 0. The van der Waals surface area contributed by atoms with Gasteiger partial charge in [-0.25, -0.2) is 5.21 Å². The number of nitrogens with zero attached hydrogens (tertiary/aromatic N) is 2. The van der Waals surface area contributed by atoms with E-state index < -0.39 is 0 Å². The highest BCUT2D eigenvalue weighted by Gasteiger charge is 2.00. The highest BCUT2D eigenvalue weighted by atomic mass is 16.9. The smallest absolute Gasteiger partial charge is 0.168 e. The van der Waals surface area contributed by atoms with Gasteiger partial charge < -0.3 is 4.84 Å². The van der Waals surface area contributed by atoms with Crippen molar-refractivity contribution < 1.29 is 9.86 Å². The van der Waals surface area contributed by atoms with Crippen LogP contribution >= 0.6 is 0 Å². The molecule has 0 aromatic carbocycles. The Morgan fingerprint density at radius 3 is 2.83 bits per heavy atom. The third-order valence-electron chi connectivity index (χ3n) is 0.508. The van der Waals surface area contributed by atoms with Gasteiger partial charge in [0.15, 0.2) is 5.02 Å². The highest BCUT2D eigenvalue weighted by molar-refractivity contribution is 4.29. The molecule has 0 aliphatic carbocycles. The molecule has 0 saturated heterocycles. The van der Waals surface area contributed by atoms with Crippen LogP contribution in [0.5, 0.6) is 0 Å². The lowest BCUT2D eigenvalue weighted by atomic mass is 10.8. The first-order chi connectivity index (χ1) is 2.89. The zero-order valence-corrected chi connectivity index (χ0v) is 3.13. The summed E-state index contributed by atoms with van der Waals surface area (Å²) in [5.41, 5.74) is 0. The summed E-state index contributed by atoms with van der Waals surface area (Å²) in [6.45, 7) is 0.937. The van der Waals surface area contributed by atoms with Crippen molar-refractivity contribution in [1.29, 1.82) is 0 Å². The summed E-state index contributed by atoms with van der Waals surface area (Å²) in [5, 5.41) is 13.3. The summed E-state index contributed by atoms with van der Waals surface area (Å²) in [5.74, 6) is 0. The van der Waals surface area contributed by atoms with Crippen LogP contribution in [-0.2, 0) is 4.84 Å². The summed E-state index contributed by atoms with van der Waals surface area (Å²) >= 11 is 0. The van der Waals surface area contributed by atoms with Crippen molar-refractivity contribution >= 4 is 0 Å². The van der Waals surface area contributed by atoms with Crippen LogP contribution in [0.4, 0.5) is 0 Å². The first-order valence-corrected chi connectivity index (χ1v) is 1.67. The topological polar surface area (TPSA) is 47.7 Å². The molecule has 34 valence electrons. The maximum Gasteiger partial charge on any atom is 0.168 e. The Kier molecular flexibility index (Phi) is 0.633. The second-order valence-corrected chi connectivity index (χ2v) is 0.936. The summed E-state index contributed by atoms with van der Waals surface area (Å²) in [7, 11) is 0. The molecule has 0 atom stereocenters. The third-order valence-corrected chi connectivity index (χ3v) is 0.508. The van der Waals surface area contributed by atoms with Crippen molar-refractivity contribution in [3.8, 4) is 0 Å². The first kappa shape index (κ1) is 3.39. The quantitative estimate of drug-likeness (QED) is 0.388. The van der Waals surface area contributed by atoms with E-state index in [1.54, 1.807) is 0 Å². The lowest BCUT2D eigenvalue weighted by molar-refractivity contribution is -0.772. The highest BCUT2D eigenvalue weighted by Crippen LogP contribution is 1.87. The molecule has 1 rings (SSSR count). The van der Waals surface area contributed by atoms with Gasteiger partial charge in [-0.2, -0.15) is 0 Å². The molecular formula is C2H4N2O2. The number of hydrogen-bond acceptors (Lipinski definition) is 3. The molecule has 0 fully saturated rings. The van der Waals surface area contributed by atoms with E-state index in [0.717, 1.165) is 0 Å². The van der Waals surface area contributed by atoms with E-state index in [9.17, 15) is 5.21 Å². The minimum atomic E-state index is 0.236. The molecular weight excluding hydrogens is 84.0 g/mol. The van der Waals surface area contributed by atoms with Crippen molar-refractivity contribution in [2.45, 2.75) is 0 Å². The fourth-order valence-corrected chi connectivity index (χ4v) is 0.282. The van der Waals surface area contributed by atoms with Gasteiger partial charge in [0.25, 0.3) is 0 Å². The summed E-state index contributed by atoms with van der Waals surface area (Å²) in [6, 6.07) is 0. The Bertz CT molecular complexity index is 79.6. The zero-order valence-electron chi connectivity index (χ0n) is 3.13. The van der Waals surface area contributed by atoms with Gasteiger partial charge >= 0.3 is 0 Å². The molecule has 1 aliphatic rings. The fraction of sp³-hybridized carbons (Fsp3) is 1.00. The molecule has 1 heterocycles. The Morgan fingerprint density at radius 2 is 2.67 bits per heavy atom. The van der Waals surface area contributed by atoms with Gasteiger partial charge in [-0.15, -0.1) is 0 Å². The first-order valence-electron chi connectivity index (χ1n) is 1.67. The lowest BCUT2D eigenvalue weighted by Crippen LogP contribution is -1.92. The molecule has 6 heavy (non-hydrogen) atoms. The van der Waals surface area contributed by atoms with Crippen LogP contribution in [0.15, 0.2) is 5.11 Å². The minimum Gasteiger partial charge on any atom is -0.378 e. The van der Waals surface area contributed by atoms with Gasteiger partial charge in [0, 0.05) is 5.11 Å². The molecule has 0 N–H and O–H groups in total. The van der Waals surface area contributed by atoms with Gasteiger partial charge in [0.2, 0.25) is 0 Å². The second-order valence-electron chi connectivity index (χ2n) is 0.936. The average molecular weight is 88.1 g/mol. The summed E-state index contributed by atoms with van der Waals surface area (Å²) in [6.07, 6.45) is 0. The van der Waals surface area contributed by atoms with Crippen LogP contribution in [0.1, 0.15) is 0 Å². The van der Waals surface area contributed by atoms with E-state index in [4.69, 9.17) is 0 Å². The van der Waals surface area contributed by atoms with Crippen LogP contribution in [0.3, 0.4) is 0 Å². The van der Waals surface area contributed by atoms with Crippen LogP contribution in [0, 0.1) is 5.21 Å². The van der Waals surface area contributed by atoms with Crippen LogP contribution in [0.25, 0.3) is 0 Å². The zero-order chi connectivity index (χ0) is 4.41. The molecule has 0 amide bonds.